The maximum absolute atomic E-state index is 12.0. The first-order valence-electron chi connectivity index (χ1n) is 7.93. The van der Waals surface area contributed by atoms with Gasteiger partial charge in [0, 0.05) is 26.0 Å². The van der Waals surface area contributed by atoms with Crippen molar-refractivity contribution in [3.05, 3.63) is 35.9 Å². The summed E-state index contributed by atoms with van der Waals surface area (Å²) in [7, 11) is 0. The van der Waals surface area contributed by atoms with Crippen molar-refractivity contribution in [2.24, 2.45) is 5.41 Å². The Labute approximate surface area is 132 Å². The molecule has 1 aliphatic heterocycles. The quantitative estimate of drug-likeness (QED) is 0.574. The van der Waals surface area contributed by atoms with Crippen LogP contribution >= 0.6 is 0 Å². The third kappa shape index (κ3) is 4.95. The number of likely N-dealkylation sites (tertiary alicyclic amines) is 1. The molecular weight excluding hydrogens is 278 g/mol. The molecule has 2 rings (SSSR count). The summed E-state index contributed by atoms with van der Waals surface area (Å²) in [6.45, 7) is 5.71. The van der Waals surface area contributed by atoms with Gasteiger partial charge in [0.05, 0.1) is 6.61 Å². The number of imide groups is 1. The lowest BCUT2D eigenvalue weighted by Crippen LogP contribution is -2.46. The number of nitrogens with zero attached hydrogens (tertiary/aromatic N) is 1. The van der Waals surface area contributed by atoms with E-state index in [4.69, 9.17) is 4.74 Å². The number of ether oxygens (including phenoxy) is 1. The number of unbranched alkanes of at least 4 members (excludes halogenated alkanes) is 1. The molecular formula is C18H25NO3. The standard InChI is InChI=1S/C18H25NO3/c1-18(2)12-16(20)19(17(21)13-18)10-6-7-11-22-14-15-8-4-3-5-9-15/h3-5,8-9H,6-7,10-14H2,1-2H3. The minimum absolute atomic E-state index is 0.0357. The molecule has 1 aliphatic rings. The molecule has 1 saturated heterocycles. The fourth-order valence-corrected chi connectivity index (χ4v) is 2.70. The Morgan fingerprint density at radius 1 is 1.05 bits per heavy atom. The Kier molecular flexibility index (Phi) is 5.72. The number of carbonyl (C=O) groups is 2. The Hall–Kier alpha value is -1.68. The van der Waals surface area contributed by atoms with E-state index in [9.17, 15) is 9.59 Å². The van der Waals surface area contributed by atoms with Crippen LogP contribution in [0.25, 0.3) is 0 Å². The highest BCUT2D eigenvalue weighted by Gasteiger charge is 2.36. The van der Waals surface area contributed by atoms with Gasteiger partial charge in [-0.15, -0.1) is 0 Å². The summed E-state index contributed by atoms with van der Waals surface area (Å²) in [6.07, 6.45) is 2.58. The third-order valence-electron chi connectivity index (χ3n) is 3.89. The lowest BCUT2D eigenvalue weighted by Gasteiger charge is -2.34. The number of benzene rings is 1. The zero-order valence-electron chi connectivity index (χ0n) is 13.5. The normalized spacial score (nSPS) is 17.8. The van der Waals surface area contributed by atoms with Gasteiger partial charge in [0.1, 0.15) is 0 Å². The van der Waals surface area contributed by atoms with E-state index in [2.05, 4.69) is 0 Å². The first-order valence-corrected chi connectivity index (χ1v) is 7.93. The predicted octanol–water partition coefficient (Wildman–Crippen LogP) is 3.16. The van der Waals surface area contributed by atoms with Crippen molar-refractivity contribution in [1.82, 2.24) is 4.90 Å². The van der Waals surface area contributed by atoms with Crippen LogP contribution in [0.15, 0.2) is 30.3 Å². The summed E-state index contributed by atoms with van der Waals surface area (Å²) in [4.78, 5) is 25.4. The second kappa shape index (κ2) is 7.54. The minimum atomic E-state index is -0.191. The van der Waals surface area contributed by atoms with Crippen molar-refractivity contribution in [3.63, 3.8) is 0 Å². The Bertz CT molecular complexity index is 490. The molecule has 0 spiro atoms. The zero-order valence-corrected chi connectivity index (χ0v) is 13.5. The molecule has 0 bridgehead atoms. The molecule has 1 aromatic carbocycles. The summed E-state index contributed by atoms with van der Waals surface area (Å²) >= 11 is 0. The van der Waals surface area contributed by atoms with Crippen LogP contribution in [0.4, 0.5) is 0 Å². The molecule has 0 unspecified atom stereocenters. The van der Waals surface area contributed by atoms with Gasteiger partial charge in [0.25, 0.3) is 0 Å². The Balaban J connectivity index is 1.62. The van der Waals surface area contributed by atoms with E-state index < -0.39 is 0 Å². The van der Waals surface area contributed by atoms with Gasteiger partial charge in [-0.05, 0) is 23.8 Å². The molecule has 1 heterocycles. The number of carbonyl (C=O) groups excluding carboxylic acids is 2. The fraction of sp³-hybridized carbons (Fsp3) is 0.556. The predicted molar refractivity (Wildman–Crippen MR) is 85.1 cm³/mol. The van der Waals surface area contributed by atoms with Gasteiger partial charge in [-0.1, -0.05) is 44.2 Å². The van der Waals surface area contributed by atoms with Crippen LogP contribution in [0.2, 0.25) is 0 Å². The maximum atomic E-state index is 12.0. The summed E-state index contributed by atoms with van der Waals surface area (Å²) in [5, 5.41) is 0. The van der Waals surface area contributed by atoms with E-state index in [-0.39, 0.29) is 17.2 Å². The molecule has 1 aromatic rings. The molecule has 4 nitrogen and oxygen atoms in total. The lowest BCUT2D eigenvalue weighted by molar-refractivity contribution is -0.152. The number of amides is 2. The number of piperidine rings is 1. The molecule has 4 heteroatoms. The number of hydrogen-bond donors (Lipinski definition) is 0. The molecule has 22 heavy (non-hydrogen) atoms. The first-order chi connectivity index (χ1) is 10.5. The van der Waals surface area contributed by atoms with Crippen LogP contribution in [0.1, 0.15) is 45.1 Å². The van der Waals surface area contributed by atoms with Crippen molar-refractivity contribution in [3.8, 4) is 0 Å². The average Bonchev–Trinajstić information content (AvgIpc) is 2.45. The fourth-order valence-electron chi connectivity index (χ4n) is 2.70. The van der Waals surface area contributed by atoms with Gasteiger partial charge in [-0.2, -0.15) is 0 Å². The second-order valence-corrected chi connectivity index (χ2v) is 6.70. The van der Waals surface area contributed by atoms with Crippen molar-refractivity contribution >= 4 is 11.8 Å². The number of rotatable bonds is 7. The van der Waals surface area contributed by atoms with Crippen LogP contribution in [-0.2, 0) is 20.9 Å². The van der Waals surface area contributed by atoms with Crippen LogP contribution in [-0.4, -0.2) is 29.9 Å². The highest BCUT2D eigenvalue weighted by Crippen LogP contribution is 2.31. The van der Waals surface area contributed by atoms with E-state index in [0.29, 0.717) is 32.6 Å². The first kappa shape index (κ1) is 16.7. The summed E-state index contributed by atoms with van der Waals surface area (Å²) in [5.41, 5.74) is 0.967. The topological polar surface area (TPSA) is 46.6 Å². The largest absolute Gasteiger partial charge is 0.377 e. The SMILES string of the molecule is CC1(C)CC(=O)N(CCCCOCc2ccccc2)C(=O)C1. The van der Waals surface area contributed by atoms with Crippen molar-refractivity contribution < 1.29 is 14.3 Å². The molecule has 0 aliphatic carbocycles. The van der Waals surface area contributed by atoms with Crippen molar-refractivity contribution in [1.29, 1.82) is 0 Å². The summed E-state index contributed by atoms with van der Waals surface area (Å²) in [5.74, 6) is -0.0714. The molecule has 1 fully saturated rings. The van der Waals surface area contributed by atoms with Crippen molar-refractivity contribution in [2.75, 3.05) is 13.2 Å². The number of hydrogen-bond acceptors (Lipinski definition) is 3. The molecule has 0 atom stereocenters. The van der Waals surface area contributed by atoms with Gasteiger partial charge >= 0.3 is 0 Å². The van der Waals surface area contributed by atoms with Gasteiger partial charge in [-0.3, -0.25) is 14.5 Å². The van der Waals surface area contributed by atoms with E-state index in [1.165, 1.54) is 4.90 Å². The molecule has 0 aromatic heterocycles. The molecule has 120 valence electrons. The van der Waals surface area contributed by atoms with E-state index in [1.54, 1.807) is 0 Å². The van der Waals surface area contributed by atoms with Gasteiger partial charge in [-0.25, -0.2) is 0 Å². The molecule has 0 N–H and O–H groups in total. The highest BCUT2D eigenvalue weighted by atomic mass is 16.5. The van der Waals surface area contributed by atoms with Crippen LogP contribution < -0.4 is 0 Å². The molecule has 0 saturated carbocycles. The van der Waals surface area contributed by atoms with Crippen LogP contribution in [0.5, 0.6) is 0 Å². The highest BCUT2D eigenvalue weighted by molar-refractivity contribution is 5.98. The zero-order chi connectivity index (χ0) is 16.0. The van der Waals surface area contributed by atoms with E-state index in [0.717, 1.165) is 18.4 Å². The van der Waals surface area contributed by atoms with E-state index in [1.807, 2.05) is 44.2 Å². The van der Waals surface area contributed by atoms with Gasteiger partial charge in [0.15, 0.2) is 0 Å². The van der Waals surface area contributed by atoms with Gasteiger partial charge < -0.3 is 4.74 Å². The summed E-state index contributed by atoms with van der Waals surface area (Å²) in [6, 6.07) is 10.0. The smallest absolute Gasteiger partial charge is 0.229 e. The lowest BCUT2D eigenvalue weighted by atomic mass is 9.82. The summed E-state index contributed by atoms with van der Waals surface area (Å²) < 4.78 is 5.61. The maximum Gasteiger partial charge on any atom is 0.229 e. The Morgan fingerprint density at radius 3 is 2.32 bits per heavy atom. The second-order valence-electron chi connectivity index (χ2n) is 6.70. The molecule has 2 amide bonds. The monoisotopic (exact) mass is 303 g/mol. The van der Waals surface area contributed by atoms with E-state index >= 15 is 0 Å². The average molecular weight is 303 g/mol. The minimum Gasteiger partial charge on any atom is -0.377 e. The van der Waals surface area contributed by atoms with Gasteiger partial charge in [0.2, 0.25) is 11.8 Å². The Morgan fingerprint density at radius 2 is 1.68 bits per heavy atom. The van der Waals surface area contributed by atoms with Crippen LogP contribution in [0, 0.1) is 5.41 Å². The van der Waals surface area contributed by atoms with Crippen LogP contribution in [0.3, 0.4) is 0 Å². The van der Waals surface area contributed by atoms with Crippen molar-refractivity contribution in [2.45, 2.75) is 46.1 Å². The molecule has 0 radical (unpaired) electrons. The third-order valence-corrected chi connectivity index (χ3v) is 3.89.